The highest BCUT2D eigenvalue weighted by atomic mass is 32.2. The van der Waals surface area contributed by atoms with Crippen LogP contribution in [-0.4, -0.2) is 42.9 Å². The fourth-order valence-corrected chi connectivity index (χ4v) is 2.14. The quantitative estimate of drug-likeness (QED) is 0.682. The molecule has 0 fully saturated rings. The summed E-state index contributed by atoms with van der Waals surface area (Å²) in [7, 11) is -2.46. The van der Waals surface area contributed by atoms with Crippen molar-refractivity contribution >= 4 is 16.2 Å². The van der Waals surface area contributed by atoms with Gasteiger partial charge in [-0.05, 0) is 20.8 Å². The first-order chi connectivity index (χ1) is 6.11. The average molecular weight is 224 g/mol. The Balaban J connectivity index is 5.03. The summed E-state index contributed by atoms with van der Waals surface area (Å²) in [4.78, 5) is 10.5. The van der Waals surface area contributed by atoms with Crippen molar-refractivity contribution in [3.63, 3.8) is 0 Å². The number of rotatable bonds is 4. The molecular weight excluding hydrogens is 208 g/mol. The molecule has 0 unspecified atom stereocenters. The Bertz CT molecular complexity index is 304. The summed E-state index contributed by atoms with van der Waals surface area (Å²) in [6, 6.07) is 0. The molecule has 14 heavy (non-hydrogen) atoms. The van der Waals surface area contributed by atoms with E-state index in [4.69, 9.17) is 5.11 Å². The Morgan fingerprint density at radius 2 is 1.86 bits per heavy atom. The van der Waals surface area contributed by atoms with Gasteiger partial charge in [0.2, 0.25) is 0 Å². The van der Waals surface area contributed by atoms with Gasteiger partial charge in [-0.15, -0.1) is 0 Å². The Hall–Kier alpha value is -0.660. The molecule has 0 amide bonds. The highest BCUT2D eigenvalue weighted by Gasteiger charge is 2.33. The zero-order chi connectivity index (χ0) is 11.6. The first-order valence-electron chi connectivity index (χ1n) is 4.04. The van der Waals surface area contributed by atoms with Gasteiger partial charge in [0.25, 0.3) is 10.2 Å². The number of nitrogens with one attached hydrogen (secondary N) is 1. The van der Waals surface area contributed by atoms with Crippen LogP contribution in [0, 0.1) is 0 Å². The van der Waals surface area contributed by atoms with Crippen LogP contribution in [0.4, 0.5) is 0 Å². The Labute approximate surface area is 84.1 Å². The molecular formula is C7H16N2O4S. The zero-order valence-corrected chi connectivity index (χ0v) is 9.55. The molecule has 0 aromatic carbocycles. The summed E-state index contributed by atoms with van der Waals surface area (Å²) < 4.78 is 25.8. The van der Waals surface area contributed by atoms with Crippen LogP contribution in [0.25, 0.3) is 0 Å². The predicted molar refractivity (Wildman–Crippen MR) is 52.1 cm³/mol. The second kappa shape index (κ2) is 4.24. The van der Waals surface area contributed by atoms with Crippen LogP contribution in [0.3, 0.4) is 0 Å². The molecule has 0 saturated carbocycles. The van der Waals surface area contributed by atoms with Crippen LogP contribution in [0.15, 0.2) is 0 Å². The highest BCUT2D eigenvalue weighted by molar-refractivity contribution is 7.87. The molecule has 0 rings (SSSR count). The van der Waals surface area contributed by atoms with E-state index in [2.05, 4.69) is 4.72 Å². The molecule has 6 nitrogen and oxygen atoms in total. The van der Waals surface area contributed by atoms with Gasteiger partial charge < -0.3 is 5.11 Å². The summed E-state index contributed by atoms with van der Waals surface area (Å²) in [5.41, 5.74) is -0.764. The van der Waals surface area contributed by atoms with Crippen molar-refractivity contribution in [2.75, 3.05) is 13.6 Å². The minimum absolute atomic E-state index is 0.549. The third-order valence-electron chi connectivity index (χ3n) is 1.58. The summed E-state index contributed by atoms with van der Waals surface area (Å²) in [5.74, 6) is -1.18. The van der Waals surface area contributed by atoms with Crippen LogP contribution in [0.5, 0.6) is 0 Å². The predicted octanol–water partition coefficient (Wildman–Crippen LogP) is -0.364. The van der Waals surface area contributed by atoms with E-state index in [9.17, 15) is 13.2 Å². The molecule has 0 aliphatic rings. The van der Waals surface area contributed by atoms with Gasteiger partial charge in [-0.25, -0.2) is 4.72 Å². The molecule has 0 aliphatic carbocycles. The molecule has 0 spiro atoms. The number of hydrogen-bond donors (Lipinski definition) is 2. The molecule has 0 heterocycles. The first kappa shape index (κ1) is 13.3. The minimum atomic E-state index is -3.71. The monoisotopic (exact) mass is 224 g/mol. The number of hydrogen-bond acceptors (Lipinski definition) is 3. The number of aliphatic carboxylic acids is 1. The maximum Gasteiger partial charge on any atom is 0.318 e. The summed E-state index contributed by atoms with van der Waals surface area (Å²) >= 11 is 0. The molecule has 0 bridgehead atoms. The van der Waals surface area contributed by atoms with Gasteiger partial charge in [0.15, 0.2) is 0 Å². The Kier molecular flexibility index (Phi) is 4.04. The normalized spacial score (nSPS) is 13.2. The highest BCUT2D eigenvalue weighted by Crippen LogP contribution is 2.16. The smallest absolute Gasteiger partial charge is 0.318 e. The van der Waals surface area contributed by atoms with Crippen LogP contribution < -0.4 is 4.72 Å². The number of nitrogens with zero attached hydrogens (tertiary/aromatic N) is 1. The SMILES string of the molecule is CNS(=O)(=O)N(CC(=O)O)C(C)(C)C. The first-order valence-corrected chi connectivity index (χ1v) is 5.48. The van der Waals surface area contributed by atoms with Crippen LogP contribution >= 0.6 is 0 Å². The fraction of sp³-hybridized carbons (Fsp3) is 0.857. The van der Waals surface area contributed by atoms with Gasteiger partial charge in [-0.1, -0.05) is 0 Å². The lowest BCUT2D eigenvalue weighted by molar-refractivity contribution is -0.138. The topological polar surface area (TPSA) is 86.7 Å². The molecule has 84 valence electrons. The van der Waals surface area contributed by atoms with E-state index >= 15 is 0 Å². The van der Waals surface area contributed by atoms with Crippen molar-refractivity contribution in [2.24, 2.45) is 0 Å². The van der Waals surface area contributed by atoms with Crippen LogP contribution in [-0.2, 0) is 15.0 Å². The van der Waals surface area contributed by atoms with E-state index in [1.54, 1.807) is 20.8 Å². The molecule has 0 aromatic heterocycles. The lowest BCUT2D eigenvalue weighted by Crippen LogP contribution is -2.51. The largest absolute Gasteiger partial charge is 0.480 e. The average Bonchev–Trinajstić information content (AvgIpc) is 1.98. The summed E-state index contributed by atoms with van der Waals surface area (Å²) in [6.07, 6.45) is 0. The molecule has 0 atom stereocenters. The van der Waals surface area contributed by atoms with Crippen LogP contribution in [0.1, 0.15) is 20.8 Å². The van der Waals surface area contributed by atoms with E-state index in [0.717, 1.165) is 4.31 Å². The third kappa shape index (κ3) is 3.60. The molecule has 0 saturated heterocycles. The van der Waals surface area contributed by atoms with Crippen molar-refractivity contribution < 1.29 is 18.3 Å². The molecule has 0 aromatic rings. The van der Waals surface area contributed by atoms with Crippen LogP contribution in [0.2, 0.25) is 0 Å². The number of carboxylic acid groups (broad SMARTS) is 1. The molecule has 0 radical (unpaired) electrons. The summed E-state index contributed by atoms with van der Waals surface area (Å²) in [5, 5.41) is 8.57. The molecule has 2 N–H and O–H groups in total. The van der Waals surface area contributed by atoms with E-state index in [0.29, 0.717) is 0 Å². The lowest BCUT2D eigenvalue weighted by atomic mass is 10.1. The van der Waals surface area contributed by atoms with Gasteiger partial charge in [0, 0.05) is 12.6 Å². The van der Waals surface area contributed by atoms with E-state index in [1.165, 1.54) is 7.05 Å². The fourth-order valence-electron chi connectivity index (χ4n) is 0.916. The van der Waals surface area contributed by atoms with Crippen molar-refractivity contribution in [3.8, 4) is 0 Å². The van der Waals surface area contributed by atoms with Crippen molar-refractivity contribution in [1.82, 2.24) is 9.03 Å². The Morgan fingerprint density at radius 3 is 2.07 bits per heavy atom. The molecule has 7 heteroatoms. The lowest BCUT2D eigenvalue weighted by Gasteiger charge is -2.32. The van der Waals surface area contributed by atoms with E-state index in [1.807, 2.05) is 0 Å². The minimum Gasteiger partial charge on any atom is -0.480 e. The van der Waals surface area contributed by atoms with E-state index < -0.39 is 28.3 Å². The second-order valence-electron chi connectivity index (χ2n) is 3.78. The number of carboxylic acids is 1. The zero-order valence-electron chi connectivity index (χ0n) is 8.73. The van der Waals surface area contributed by atoms with Crippen molar-refractivity contribution in [1.29, 1.82) is 0 Å². The number of carbonyl (C=O) groups is 1. The van der Waals surface area contributed by atoms with Gasteiger partial charge in [-0.2, -0.15) is 12.7 Å². The second-order valence-corrected chi connectivity index (χ2v) is 5.58. The summed E-state index contributed by atoms with van der Waals surface area (Å²) in [6.45, 7) is 4.34. The van der Waals surface area contributed by atoms with Crippen molar-refractivity contribution in [3.05, 3.63) is 0 Å². The Morgan fingerprint density at radius 1 is 1.43 bits per heavy atom. The standard InChI is InChI=1S/C7H16N2O4S/c1-7(2,3)9(5-6(10)11)14(12,13)8-4/h8H,5H2,1-4H3,(H,10,11). The van der Waals surface area contributed by atoms with Gasteiger partial charge in [-0.3, -0.25) is 4.79 Å². The van der Waals surface area contributed by atoms with Gasteiger partial charge in [0.05, 0.1) is 0 Å². The van der Waals surface area contributed by atoms with E-state index in [-0.39, 0.29) is 0 Å². The van der Waals surface area contributed by atoms with Gasteiger partial charge >= 0.3 is 5.97 Å². The maximum absolute atomic E-state index is 11.4. The van der Waals surface area contributed by atoms with Crippen molar-refractivity contribution in [2.45, 2.75) is 26.3 Å². The van der Waals surface area contributed by atoms with Gasteiger partial charge in [0.1, 0.15) is 6.54 Å². The molecule has 0 aliphatic heterocycles. The maximum atomic E-state index is 11.4. The third-order valence-corrected chi connectivity index (χ3v) is 3.35.